The zero-order valence-corrected chi connectivity index (χ0v) is 7.28. The van der Waals surface area contributed by atoms with Crippen LogP contribution in [0.1, 0.15) is 13.8 Å². The summed E-state index contributed by atoms with van der Waals surface area (Å²) < 4.78 is 8.25. The minimum atomic E-state index is 0.250. The molecular formula is C4H13NO3Ti. The second-order valence-corrected chi connectivity index (χ2v) is 0.828. The second kappa shape index (κ2) is 39.8. The van der Waals surface area contributed by atoms with Crippen LogP contribution in [0.3, 0.4) is 0 Å². The molecule has 56 valence electrons. The number of hydrogen-bond donors (Lipinski definition) is 3. The van der Waals surface area contributed by atoms with Crippen molar-refractivity contribution in [3.63, 3.8) is 0 Å². The summed E-state index contributed by atoms with van der Waals surface area (Å²) in [6, 6.07) is 0. The fraction of sp³-hybridized carbons (Fsp3) is 1.00. The van der Waals surface area contributed by atoms with Gasteiger partial charge in [0.25, 0.3) is 0 Å². The first-order valence-electron chi connectivity index (χ1n) is 2.51. The molecule has 0 aliphatic heterocycles. The molecule has 0 saturated carbocycles. The van der Waals surface area contributed by atoms with Crippen molar-refractivity contribution in [1.29, 1.82) is 0 Å². The van der Waals surface area contributed by atoms with Gasteiger partial charge in [-0.15, -0.1) is 0 Å². The molecule has 4 nitrogen and oxygen atoms in total. The van der Waals surface area contributed by atoms with Crippen LogP contribution in [-0.2, 0) is 23.7 Å². The van der Waals surface area contributed by atoms with Gasteiger partial charge in [0.2, 0.25) is 0 Å². The predicted molar refractivity (Wildman–Crippen MR) is 28.9 cm³/mol. The fourth-order valence-electron chi connectivity index (χ4n) is 0. The van der Waals surface area contributed by atoms with Crippen LogP contribution in [0, 0.1) is 0 Å². The molecule has 0 rings (SSSR count). The molecule has 0 aliphatic carbocycles. The van der Waals surface area contributed by atoms with Gasteiger partial charge in [-0.3, -0.25) is 0 Å². The van der Waals surface area contributed by atoms with E-state index in [0.29, 0.717) is 6.54 Å². The van der Waals surface area contributed by atoms with E-state index in [1.807, 2.05) is 12.4 Å². The molecule has 0 amide bonds. The summed E-state index contributed by atoms with van der Waals surface area (Å²) in [7, 11) is 0. The first-order chi connectivity index (χ1) is 4.33. The third kappa shape index (κ3) is 177. The van der Waals surface area contributed by atoms with E-state index in [4.69, 9.17) is 13.6 Å². The molecule has 0 aliphatic rings. The molecule has 0 saturated heterocycles. The zero-order chi connectivity index (χ0) is 8.12. The molecule has 3 N–H and O–H groups in total. The summed E-state index contributed by atoms with van der Waals surface area (Å²) in [5.74, 6) is 0. The predicted octanol–water partition coefficient (Wildman–Crippen LogP) is -0.138. The molecule has 0 spiro atoms. The Morgan fingerprint density at radius 2 is 1.56 bits per heavy atom. The van der Waals surface area contributed by atoms with Crippen LogP contribution in [0.5, 0.6) is 0 Å². The third-order valence-electron chi connectivity index (χ3n) is 0.158. The molecule has 0 heterocycles. The maximum atomic E-state index is 8.25. The van der Waals surface area contributed by atoms with Crippen LogP contribution < -0.4 is 5.48 Å². The van der Waals surface area contributed by atoms with Crippen molar-refractivity contribution in [2.45, 2.75) is 13.8 Å². The topological polar surface area (TPSA) is 69.6 Å². The van der Waals surface area contributed by atoms with Crippen LogP contribution in [0.15, 0.2) is 0 Å². The Kier molecular flexibility index (Phi) is 71.7. The summed E-state index contributed by atoms with van der Waals surface area (Å²) >= 11 is 0.750. The summed E-state index contributed by atoms with van der Waals surface area (Å²) in [6.07, 6.45) is 0. The Morgan fingerprint density at radius 1 is 1.44 bits per heavy atom. The molecule has 9 heavy (non-hydrogen) atoms. The average Bonchev–Trinajstić information content (AvgIpc) is 1.94. The molecule has 0 fully saturated rings. The maximum absolute atomic E-state index is 8.25. The molecule has 0 radical (unpaired) electrons. The summed E-state index contributed by atoms with van der Waals surface area (Å²) in [5, 5.41) is 15.2. The molecule has 0 unspecified atom stereocenters. The van der Waals surface area contributed by atoms with Crippen molar-refractivity contribution >= 4 is 0 Å². The molecule has 0 aromatic heterocycles. The molecule has 5 heteroatoms. The van der Waals surface area contributed by atoms with E-state index in [2.05, 4.69) is 0 Å². The van der Waals surface area contributed by atoms with Crippen molar-refractivity contribution in [3.8, 4) is 0 Å². The Hall–Kier alpha value is 0.394. The monoisotopic (exact) mass is 171 g/mol. The van der Waals surface area contributed by atoms with E-state index in [-0.39, 0.29) is 6.61 Å². The van der Waals surface area contributed by atoms with E-state index >= 15 is 0 Å². The van der Waals surface area contributed by atoms with Gasteiger partial charge >= 0.3 is 23.7 Å². The Morgan fingerprint density at radius 3 is 1.56 bits per heavy atom. The van der Waals surface area contributed by atoms with Crippen molar-refractivity contribution < 1.29 is 34.0 Å². The van der Waals surface area contributed by atoms with Gasteiger partial charge in [0.1, 0.15) is 0 Å². The van der Waals surface area contributed by atoms with Crippen LogP contribution >= 0.6 is 0 Å². The van der Waals surface area contributed by atoms with Crippen LogP contribution in [0.4, 0.5) is 0 Å². The number of aliphatic hydroxyl groups is 1. The van der Waals surface area contributed by atoms with Gasteiger partial charge in [-0.1, -0.05) is 6.92 Å². The van der Waals surface area contributed by atoms with Crippen LogP contribution in [-0.4, -0.2) is 23.5 Å². The van der Waals surface area contributed by atoms with Gasteiger partial charge in [-0.2, -0.15) is 0 Å². The summed E-state index contributed by atoms with van der Waals surface area (Å²) in [6.45, 7) is 4.38. The van der Waals surface area contributed by atoms with Crippen molar-refractivity contribution in [2.75, 3.05) is 13.2 Å². The van der Waals surface area contributed by atoms with E-state index in [1.54, 1.807) is 6.92 Å². The second-order valence-electron chi connectivity index (χ2n) is 0.828. The van der Waals surface area contributed by atoms with Crippen molar-refractivity contribution in [3.05, 3.63) is 0 Å². The quantitative estimate of drug-likeness (QED) is 0.379. The van der Waals surface area contributed by atoms with Crippen LogP contribution in [0.25, 0.3) is 0 Å². The first kappa shape index (κ1) is 16.2. The first-order valence-corrected chi connectivity index (χ1v) is 3.15. The summed E-state index contributed by atoms with van der Waals surface area (Å²) in [4.78, 5) is 0. The zero-order valence-electron chi connectivity index (χ0n) is 5.72. The molecule has 0 atom stereocenters. The van der Waals surface area contributed by atoms with Crippen molar-refractivity contribution in [1.82, 2.24) is 5.48 Å². The Bertz CT molecular complexity index is 29.8. The SMILES string of the molecule is CCNO.CCO.[O]=[Ti]. The Labute approximate surface area is 67.0 Å². The van der Waals surface area contributed by atoms with E-state index in [9.17, 15) is 0 Å². The van der Waals surface area contributed by atoms with Gasteiger partial charge in [0, 0.05) is 13.2 Å². The standard InChI is InChI=1S/C2H7NO.C2H6O.O.Ti/c1-2-3-4;1-2-3;;/h3-4H,2H2,1H3;3H,2H2,1H3;;. The number of rotatable bonds is 1. The molecule has 0 aromatic carbocycles. The normalized spacial score (nSPS) is 5.67. The molecule has 0 aromatic rings. The van der Waals surface area contributed by atoms with Gasteiger partial charge < -0.3 is 10.3 Å². The third-order valence-corrected chi connectivity index (χ3v) is 0.158. The van der Waals surface area contributed by atoms with Crippen molar-refractivity contribution in [2.24, 2.45) is 0 Å². The number of nitrogens with one attached hydrogen (secondary N) is 1. The van der Waals surface area contributed by atoms with Gasteiger partial charge in [-0.05, 0) is 6.92 Å². The Balaban J connectivity index is -0.0000000646. The number of hydroxylamine groups is 1. The summed E-state index contributed by atoms with van der Waals surface area (Å²) in [5.41, 5.74) is 1.93. The minimum absolute atomic E-state index is 0.250. The number of hydrogen-bond acceptors (Lipinski definition) is 4. The van der Waals surface area contributed by atoms with Crippen LogP contribution in [0.2, 0.25) is 0 Å². The molecule has 0 bridgehead atoms. The molecular weight excluding hydrogens is 158 g/mol. The van der Waals surface area contributed by atoms with Gasteiger partial charge in [-0.25, -0.2) is 5.48 Å². The fourth-order valence-corrected chi connectivity index (χ4v) is 0. The van der Waals surface area contributed by atoms with E-state index in [1.165, 1.54) is 0 Å². The average molecular weight is 171 g/mol. The van der Waals surface area contributed by atoms with E-state index < -0.39 is 0 Å². The van der Waals surface area contributed by atoms with Gasteiger partial charge in [0.15, 0.2) is 0 Å². The number of aliphatic hydroxyl groups excluding tert-OH is 1. The van der Waals surface area contributed by atoms with Gasteiger partial charge in [0.05, 0.1) is 0 Å². The van der Waals surface area contributed by atoms with E-state index in [0.717, 1.165) is 20.4 Å².